The summed E-state index contributed by atoms with van der Waals surface area (Å²) in [6.45, 7) is 2.60. The zero-order valence-electron chi connectivity index (χ0n) is 9.97. The molecule has 0 spiro atoms. The third-order valence-electron chi connectivity index (χ3n) is 2.61. The van der Waals surface area contributed by atoms with Crippen LogP contribution in [0.25, 0.3) is 0 Å². The lowest BCUT2D eigenvalue weighted by molar-refractivity contribution is 0.587. The second kappa shape index (κ2) is 5.35. The summed E-state index contributed by atoms with van der Waals surface area (Å²) in [5, 5.41) is 2.95. The Morgan fingerprint density at radius 1 is 1.22 bits per heavy atom. The molecule has 1 aromatic heterocycles. The zero-order valence-corrected chi connectivity index (χ0v) is 10.8. The third kappa shape index (κ3) is 2.79. The van der Waals surface area contributed by atoms with Gasteiger partial charge < -0.3 is 11.1 Å². The molecule has 0 saturated carbocycles. The van der Waals surface area contributed by atoms with Crippen molar-refractivity contribution in [2.24, 2.45) is 0 Å². The van der Waals surface area contributed by atoms with E-state index >= 15 is 0 Å². The quantitative estimate of drug-likeness (QED) is 0.828. The van der Waals surface area contributed by atoms with Crippen molar-refractivity contribution >= 4 is 22.7 Å². The molecule has 0 atom stereocenters. The summed E-state index contributed by atoms with van der Waals surface area (Å²) in [5.74, 6) is -1.37. The maximum absolute atomic E-state index is 13.2. The van der Waals surface area contributed by atoms with Gasteiger partial charge in [0.15, 0.2) is 5.82 Å². The number of aryl methyl sites for hydroxylation is 1. The molecule has 2 aromatic rings. The monoisotopic (exact) mass is 268 g/mol. The average molecular weight is 268 g/mol. The number of thiophene rings is 1. The summed E-state index contributed by atoms with van der Waals surface area (Å²) in [6, 6.07) is 6.03. The molecule has 0 radical (unpaired) electrons. The van der Waals surface area contributed by atoms with Crippen molar-refractivity contribution in [3.8, 4) is 0 Å². The van der Waals surface area contributed by atoms with Crippen molar-refractivity contribution in [1.82, 2.24) is 0 Å². The Morgan fingerprint density at radius 3 is 2.61 bits per heavy atom. The van der Waals surface area contributed by atoms with Crippen LogP contribution in [0.4, 0.5) is 20.2 Å². The van der Waals surface area contributed by atoms with Gasteiger partial charge in [0, 0.05) is 22.4 Å². The van der Waals surface area contributed by atoms with E-state index in [1.54, 1.807) is 11.3 Å². The van der Waals surface area contributed by atoms with E-state index in [2.05, 4.69) is 18.3 Å². The number of nitrogens with one attached hydrogen (secondary N) is 1. The van der Waals surface area contributed by atoms with E-state index in [4.69, 9.17) is 5.73 Å². The third-order valence-corrected chi connectivity index (χ3v) is 3.84. The first-order chi connectivity index (χ1) is 8.60. The smallest absolute Gasteiger partial charge is 0.151 e. The lowest BCUT2D eigenvalue weighted by Crippen LogP contribution is -2.03. The van der Waals surface area contributed by atoms with Gasteiger partial charge in [0.05, 0.1) is 11.4 Å². The minimum atomic E-state index is -0.738. The number of benzene rings is 1. The van der Waals surface area contributed by atoms with Gasteiger partial charge in [-0.3, -0.25) is 0 Å². The first-order valence-corrected chi connectivity index (χ1v) is 6.47. The number of hydrogen-bond donors (Lipinski definition) is 2. The Kier molecular flexibility index (Phi) is 3.81. The molecule has 18 heavy (non-hydrogen) atoms. The van der Waals surface area contributed by atoms with Crippen LogP contribution < -0.4 is 11.1 Å². The molecule has 96 valence electrons. The van der Waals surface area contributed by atoms with E-state index in [0.29, 0.717) is 12.2 Å². The molecule has 0 amide bonds. The van der Waals surface area contributed by atoms with E-state index in [-0.39, 0.29) is 5.69 Å². The van der Waals surface area contributed by atoms with Crippen LogP contribution in [0.3, 0.4) is 0 Å². The number of rotatable bonds is 4. The van der Waals surface area contributed by atoms with Gasteiger partial charge in [-0.2, -0.15) is 0 Å². The summed E-state index contributed by atoms with van der Waals surface area (Å²) < 4.78 is 26.3. The van der Waals surface area contributed by atoms with Crippen molar-refractivity contribution in [3.05, 3.63) is 45.7 Å². The molecule has 0 unspecified atom stereocenters. The summed E-state index contributed by atoms with van der Waals surface area (Å²) in [5.41, 5.74) is 5.78. The normalized spacial score (nSPS) is 10.6. The second-order valence-corrected chi connectivity index (χ2v) is 5.18. The fourth-order valence-electron chi connectivity index (χ4n) is 1.62. The van der Waals surface area contributed by atoms with Crippen LogP contribution in [0, 0.1) is 11.6 Å². The Morgan fingerprint density at radius 2 is 1.94 bits per heavy atom. The standard InChI is InChI=1S/C13H14F2N2S/c1-2-9-3-4-10(18-9)7-17-12-6-8(14)5-11(15)13(12)16/h3-6,17H,2,7,16H2,1H3. The predicted molar refractivity (Wildman–Crippen MR) is 71.8 cm³/mol. The van der Waals surface area contributed by atoms with Gasteiger partial charge in [0.1, 0.15) is 5.82 Å². The van der Waals surface area contributed by atoms with Crippen LogP contribution in [0.15, 0.2) is 24.3 Å². The highest BCUT2D eigenvalue weighted by Gasteiger charge is 2.08. The van der Waals surface area contributed by atoms with Crippen LogP contribution in [-0.4, -0.2) is 0 Å². The molecule has 2 nitrogen and oxygen atoms in total. The molecule has 0 aliphatic heterocycles. The number of nitrogens with two attached hydrogens (primary N) is 1. The lowest BCUT2D eigenvalue weighted by Gasteiger charge is -2.09. The second-order valence-electron chi connectivity index (χ2n) is 3.92. The van der Waals surface area contributed by atoms with E-state index in [1.165, 1.54) is 10.9 Å². The van der Waals surface area contributed by atoms with Gasteiger partial charge in [-0.1, -0.05) is 6.92 Å². The fourth-order valence-corrected chi connectivity index (χ4v) is 2.52. The maximum Gasteiger partial charge on any atom is 0.151 e. The van der Waals surface area contributed by atoms with Crippen LogP contribution in [0.5, 0.6) is 0 Å². The van der Waals surface area contributed by atoms with E-state index in [9.17, 15) is 8.78 Å². The van der Waals surface area contributed by atoms with Crippen LogP contribution in [0.2, 0.25) is 0 Å². The fraction of sp³-hybridized carbons (Fsp3) is 0.231. The molecule has 1 aromatic carbocycles. The van der Waals surface area contributed by atoms with E-state index in [1.807, 2.05) is 6.07 Å². The minimum absolute atomic E-state index is 0.0522. The predicted octanol–water partition coefficient (Wildman–Crippen LogP) is 3.78. The molecule has 3 N–H and O–H groups in total. The largest absolute Gasteiger partial charge is 0.395 e. The molecule has 0 aliphatic carbocycles. The molecule has 1 heterocycles. The van der Waals surface area contributed by atoms with Gasteiger partial charge in [-0.15, -0.1) is 11.3 Å². The Hall–Kier alpha value is -1.62. The molecular formula is C13H14F2N2S. The lowest BCUT2D eigenvalue weighted by atomic mass is 10.2. The Balaban J connectivity index is 2.10. The highest BCUT2D eigenvalue weighted by molar-refractivity contribution is 7.12. The highest BCUT2D eigenvalue weighted by atomic mass is 32.1. The number of nitrogen functional groups attached to an aromatic ring is 1. The maximum atomic E-state index is 13.2. The van der Waals surface area contributed by atoms with E-state index in [0.717, 1.165) is 17.4 Å². The van der Waals surface area contributed by atoms with Crippen molar-refractivity contribution < 1.29 is 8.78 Å². The Labute approximate surface area is 108 Å². The van der Waals surface area contributed by atoms with Gasteiger partial charge in [-0.25, -0.2) is 8.78 Å². The summed E-state index contributed by atoms with van der Waals surface area (Å²) >= 11 is 1.68. The zero-order chi connectivity index (χ0) is 13.1. The SMILES string of the molecule is CCc1ccc(CNc2cc(F)cc(F)c2N)s1. The van der Waals surface area contributed by atoms with Gasteiger partial charge in [0.25, 0.3) is 0 Å². The molecule has 5 heteroatoms. The van der Waals surface area contributed by atoms with Crippen LogP contribution >= 0.6 is 11.3 Å². The molecule has 0 saturated heterocycles. The Bertz CT molecular complexity index is 552. The summed E-state index contributed by atoms with van der Waals surface area (Å²) in [7, 11) is 0. The number of anilines is 2. The molecule has 2 rings (SSSR count). The molecule has 0 aliphatic rings. The first kappa shape index (κ1) is 12.8. The van der Waals surface area contributed by atoms with Gasteiger partial charge >= 0.3 is 0 Å². The number of halogens is 2. The van der Waals surface area contributed by atoms with E-state index < -0.39 is 11.6 Å². The first-order valence-electron chi connectivity index (χ1n) is 5.66. The topological polar surface area (TPSA) is 38.0 Å². The van der Waals surface area contributed by atoms with Crippen LogP contribution in [-0.2, 0) is 13.0 Å². The van der Waals surface area contributed by atoms with Crippen molar-refractivity contribution in [3.63, 3.8) is 0 Å². The van der Waals surface area contributed by atoms with Crippen molar-refractivity contribution in [2.75, 3.05) is 11.1 Å². The van der Waals surface area contributed by atoms with Crippen LogP contribution in [0.1, 0.15) is 16.7 Å². The minimum Gasteiger partial charge on any atom is -0.395 e. The number of hydrogen-bond acceptors (Lipinski definition) is 3. The molecule has 0 bridgehead atoms. The highest BCUT2D eigenvalue weighted by Crippen LogP contribution is 2.25. The molecular weight excluding hydrogens is 254 g/mol. The van der Waals surface area contributed by atoms with Crippen molar-refractivity contribution in [1.29, 1.82) is 0 Å². The van der Waals surface area contributed by atoms with Gasteiger partial charge in [0.2, 0.25) is 0 Å². The summed E-state index contributed by atoms with van der Waals surface area (Å²) in [4.78, 5) is 2.39. The van der Waals surface area contributed by atoms with Crippen molar-refractivity contribution in [2.45, 2.75) is 19.9 Å². The molecule has 0 fully saturated rings. The summed E-state index contributed by atoms with van der Waals surface area (Å²) in [6.07, 6.45) is 0.987. The average Bonchev–Trinajstić information content (AvgIpc) is 2.80. The van der Waals surface area contributed by atoms with Gasteiger partial charge in [-0.05, 0) is 24.6 Å².